The molecule has 5 rings (SSSR count). The number of aromatic nitrogens is 4. The third-order valence-electron chi connectivity index (χ3n) is 4.22. The predicted octanol–water partition coefficient (Wildman–Crippen LogP) is 2.77. The van der Waals surface area contributed by atoms with Gasteiger partial charge >= 0.3 is 0 Å². The van der Waals surface area contributed by atoms with Crippen LogP contribution in [0.3, 0.4) is 0 Å². The monoisotopic (exact) mass is 359 g/mol. The van der Waals surface area contributed by atoms with E-state index >= 15 is 0 Å². The summed E-state index contributed by atoms with van der Waals surface area (Å²) in [5.41, 5.74) is 2.02. The first-order valence-corrected chi connectivity index (χ1v) is 8.25. The molecule has 1 aliphatic heterocycles. The van der Waals surface area contributed by atoms with Crippen LogP contribution in [-0.2, 0) is 0 Å². The number of hydrogen-bond donors (Lipinski definition) is 1. The Hall–Kier alpha value is -3.94. The number of amides is 1. The normalized spacial score (nSPS) is 12.3. The standard InChI is InChI=1S/C19H13N5O3/c25-18(21-14-6-7-15-16(10-14)27-11-26-15)13-4-2-12(3-5-13)17-22-23-19-20-8-1-9-24(17)19/h1-10H,11H2,(H,21,25). The Balaban J connectivity index is 1.37. The Bertz CT molecular complexity index is 1150. The summed E-state index contributed by atoms with van der Waals surface area (Å²) < 4.78 is 12.4. The minimum Gasteiger partial charge on any atom is -0.454 e. The lowest BCUT2D eigenvalue weighted by Crippen LogP contribution is -2.11. The van der Waals surface area contributed by atoms with Crippen molar-refractivity contribution in [2.45, 2.75) is 0 Å². The Morgan fingerprint density at radius 3 is 2.78 bits per heavy atom. The molecule has 0 fully saturated rings. The van der Waals surface area contributed by atoms with Crippen molar-refractivity contribution in [3.8, 4) is 22.9 Å². The second-order valence-corrected chi connectivity index (χ2v) is 5.91. The van der Waals surface area contributed by atoms with E-state index < -0.39 is 0 Å². The van der Waals surface area contributed by atoms with E-state index in [1.807, 2.05) is 24.4 Å². The molecule has 0 saturated carbocycles. The smallest absolute Gasteiger partial charge is 0.255 e. The minimum atomic E-state index is -0.215. The maximum Gasteiger partial charge on any atom is 0.255 e. The molecule has 2 aromatic carbocycles. The SMILES string of the molecule is O=C(Nc1ccc2c(c1)OCO2)c1ccc(-c2nnc3ncccn23)cc1. The summed E-state index contributed by atoms with van der Waals surface area (Å²) in [6.07, 6.45) is 3.51. The molecule has 1 amide bonds. The van der Waals surface area contributed by atoms with Gasteiger partial charge in [-0.05, 0) is 30.3 Å². The molecule has 0 radical (unpaired) electrons. The minimum absolute atomic E-state index is 0.195. The van der Waals surface area contributed by atoms with Crippen LogP contribution in [0.5, 0.6) is 11.5 Å². The van der Waals surface area contributed by atoms with E-state index in [-0.39, 0.29) is 12.7 Å². The summed E-state index contributed by atoms with van der Waals surface area (Å²) in [7, 11) is 0. The van der Waals surface area contributed by atoms with Gasteiger partial charge in [0.15, 0.2) is 17.3 Å². The van der Waals surface area contributed by atoms with Gasteiger partial charge in [-0.3, -0.25) is 9.20 Å². The molecular weight excluding hydrogens is 346 g/mol. The van der Waals surface area contributed by atoms with E-state index in [1.165, 1.54) is 0 Å². The van der Waals surface area contributed by atoms with Gasteiger partial charge in [-0.15, -0.1) is 10.2 Å². The number of anilines is 1. The lowest BCUT2D eigenvalue weighted by atomic mass is 10.1. The molecule has 0 spiro atoms. The zero-order chi connectivity index (χ0) is 18.2. The topological polar surface area (TPSA) is 90.6 Å². The van der Waals surface area contributed by atoms with Crippen LogP contribution in [0.4, 0.5) is 5.69 Å². The van der Waals surface area contributed by atoms with Gasteiger partial charge in [0.25, 0.3) is 11.7 Å². The van der Waals surface area contributed by atoms with Gasteiger partial charge in [0.05, 0.1) is 0 Å². The zero-order valence-electron chi connectivity index (χ0n) is 14.0. The van der Waals surface area contributed by atoms with Gasteiger partial charge < -0.3 is 14.8 Å². The molecule has 27 heavy (non-hydrogen) atoms. The summed E-state index contributed by atoms with van der Waals surface area (Å²) >= 11 is 0. The largest absolute Gasteiger partial charge is 0.454 e. The van der Waals surface area contributed by atoms with Crippen molar-refractivity contribution in [3.05, 3.63) is 66.5 Å². The lowest BCUT2D eigenvalue weighted by Gasteiger charge is -2.07. The van der Waals surface area contributed by atoms with Gasteiger partial charge in [-0.2, -0.15) is 0 Å². The summed E-state index contributed by atoms with van der Waals surface area (Å²) in [5.74, 6) is 2.27. The number of rotatable bonds is 3. The summed E-state index contributed by atoms with van der Waals surface area (Å²) in [6.45, 7) is 0.195. The fourth-order valence-corrected chi connectivity index (χ4v) is 2.89. The molecule has 8 nitrogen and oxygen atoms in total. The third-order valence-corrected chi connectivity index (χ3v) is 4.22. The molecule has 0 unspecified atom stereocenters. The Labute approximate surface area is 153 Å². The summed E-state index contributed by atoms with van der Waals surface area (Å²) in [4.78, 5) is 16.6. The van der Waals surface area contributed by atoms with Crippen molar-refractivity contribution in [2.24, 2.45) is 0 Å². The van der Waals surface area contributed by atoms with Crippen LogP contribution in [0.15, 0.2) is 60.9 Å². The quantitative estimate of drug-likeness (QED) is 0.605. The van der Waals surface area contributed by atoms with Gasteiger partial charge in [0.2, 0.25) is 6.79 Å². The molecule has 2 aromatic heterocycles. The Morgan fingerprint density at radius 1 is 1.04 bits per heavy atom. The second kappa shape index (κ2) is 6.10. The van der Waals surface area contributed by atoms with E-state index in [0.29, 0.717) is 34.4 Å². The van der Waals surface area contributed by atoms with Crippen LogP contribution in [0, 0.1) is 0 Å². The van der Waals surface area contributed by atoms with Crippen LogP contribution in [0.25, 0.3) is 17.2 Å². The van der Waals surface area contributed by atoms with Crippen LogP contribution in [0.1, 0.15) is 10.4 Å². The molecule has 8 heteroatoms. The molecule has 1 N–H and O–H groups in total. The van der Waals surface area contributed by atoms with E-state index in [1.54, 1.807) is 40.9 Å². The molecule has 0 aliphatic carbocycles. The van der Waals surface area contributed by atoms with Gasteiger partial charge in [-0.25, -0.2) is 4.98 Å². The zero-order valence-corrected chi connectivity index (χ0v) is 14.0. The van der Waals surface area contributed by atoms with Gasteiger partial charge in [0.1, 0.15) is 0 Å². The predicted molar refractivity (Wildman–Crippen MR) is 96.7 cm³/mol. The number of carbonyl (C=O) groups excluding carboxylic acids is 1. The second-order valence-electron chi connectivity index (χ2n) is 5.91. The summed E-state index contributed by atoms with van der Waals surface area (Å²) in [6, 6.07) is 14.2. The maximum absolute atomic E-state index is 12.5. The highest BCUT2D eigenvalue weighted by atomic mass is 16.7. The number of fused-ring (bicyclic) bond motifs is 2. The molecule has 3 heterocycles. The molecular formula is C19H13N5O3. The van der Waals surface area contributed by atoms with E-state index in [4.69, 9.17) is 9.47 Å². The number of benzene rings is 2. The first-order chi connectivity index (χ1) is 13.3. The number of hydrogen-bond acceptors (Lipinski definition) is 6. The van der Waals surface area contributed by atoms with Crippen LogP contribution < -0.4 is 14.8 Å². The van der Waals surface area contributed by atoms with Crippen LogP contribution in [-0.4, -0.2) is 32.3 Å². The molecule has 1 aliphatic rings. The average molecular weight is 359 g/mol. The molecule has 132 valence electrons. The van der Waals surface area contributed by atoms with Gasteiger partial charge in [0, 0.05) is 35.3 Å². The van der Waals surface area contributed by atoms with Crippen molar-refractivity contribution in [1.82, 2.24) is 19.6 Å². The Kier molecular flexibility index (Phi) is 3.46. The Morgan fingerprint density at radius 2 is 1.89 bits per heavy atom. The van der Waals surface area contributed by atoms with Crippen molar-refractivity contribution < 1.29 is 14.3 Å². The summed E-state index contributed by atoms with van der Waals surface area (Å²) in [5, 5.41) is 11.1. The van der Waals surface area contributed by atoms with E-state index in [0.717, 1.165) is 5.56 Å². The highest BCUT2D eigenvalue weighted by Crippen LogP contribution is 2.34. The van der Waals surface area contributed by atoms with E-state index in [2.05, 4.69) is 20.5 Å². The van der Waals surface area contributed by atoms with Crippen molar-refractivity contribution in [2.75, 3.05) is 12.1 Å². The number of ether oxygens (including phenoxy) is 2. The molecule has 0 saturated heterocycles. The van der Waals surface area contributed by atoms with Crippen LogP contribution >= 0.6 is 0 Å². The number of carbonyl (C=O) groups is 1. The van der Waals surface area contributed by atoms with Crippen molar-refractivity contribution in [1.29, 1.82) is 0 Å². The third kappa shape index (κ3) is 2.73. The molecule has 0 bridgehead atoms. The van der Waals surface area contributed by atoms with Crippen molar-refractivity contribution in [3.63, 3.8) is 0 Å². The average Bonchev–Trinajstić information content (AvgIpc) is 3.34. The highest BCUT2D eigenvalue weighted by Gasteiger charge is 2.15. The molecule has 0 atom stereocenters. The fraction of sp³-hybridized carbons (Fsp3) is 0.0526. The lowest BCUT2D eigenvalue weighted by molar-refractivity contribution is 0.102. The van der Waals surface area contributed by atoms with E-state index in [9.17, 15) is 4.79 Å². The van der Waals surface area contributed by atoms with Gasteiger partial charge in [-0.1, -0.05) is 12.1 Å². The fourth-order valence-electron chi connectivity index (χ4n) is 2.89. The van der Waals surface area contributed by atoms with Crippen molar-refractivity contribution >= 4 is 17.4 Å². The first-order valence-electron chi connectivity index (χ1n) is 8.25. The molecule has 4 aromatic rings. The number of nitrogens with zero attached hydrogens (tertiary/aromatic N) is 4. The number of nitrogens with one attached hydrogen (secondary N) is 1. The van der Waals surface area contributed by atoms with Crippen LogP contribution in [0.2, 0.25) is 0 Å². The maximum atomic E-state index is 12.5. The first kappa shape index (κ1) is 15.3. The highest BCUT2D eigenvalue weighted by molar-refractivity contribution is 6.04.